The van der Waals surface area contributed by atoms with E-state index >= 15 is 0 Å². The van der Waals surface area contributed by atoms with Gasteiger partial charge in [-0.3, -0.25) is 4.79 Å². The van der Waals surface area contributed by atoms with E-state index in [-0.39, 0.29) is 0 Å². The van der Waals surface area contributed by atoms with Crippen LogP contribution < -0.4 is 4.90 Å². The summed E-state index contributed by atoms with van der Waals surface area (Å²) >= 11 is 5.85. The summed E-state index contributed by atoms with van der Waals surface area (Å²) in [6.45, 7) is 2.17. The fraction of sp³-hybridized carbons (Fsp3) is 0.364. The number of benzene rings is 1. The highest BCUT2D eigenvalue weighted by Gasteiger charge is 2.13. The Bertz CT molecular complexity index is 345. The second kappa shape index (κ2) is 4.01. The van der Waals surface area contributed by atoms with Crippen molar-refractivity contribution in [2.75, 3.05) is 18.0 Å². The molecule has 14 heavy (non-hydrogen) atoms. The van der Waals surface area contributed by atoms with Crippen LogP contribution in [0.5, 0.6) is 0 Å². The van der Waals surface area contributed by atoms with Crippen LogP contribution in [-0.4, -0.2) is 19.4 Å². The maximum Gasteiger partial charge on any atom is 0.151 e. The van der Waals surface area contributed by atoms with E-state index in [9.17, 15) is 4.79 Å². The number of rotatable bonds is 2. The molecule has 1 saturated heterocycles. The summed E-state index contributed by atoms with van der Waals surface area (Å²) in [5, 5.41) is 0.531. The van der Waals surface area contributed by atoms with Crippen LogP contribution >= 0.6 is 11.6 Å². The van der Waals surface area contributed by atoms with Gasteiger partial charge in [0.1, 0.15) is 0 Å². The molecule has 2 rings (SSSR count). The van der Waals surface area contributed by atoms with E-state index in [4.69, 9.17) is 11.6 Å². The first-order chi connectivity index (χ1) is 6.81. The van der Waals surface area contributed by atoms with Gasteiger partial charge in [0, 0.05) is 24.3 Å². The second-order valence-corrected chi connectivity index (χ2v) is 3.93. The molecule has 0 radical (unpaired) electrons. The van der Waals surface area contributed by atoms with Crippen molar-refractivity contribution in [1.29, 1.82) is 0 Å². The van der Waals surface area contributed by atoms with Gasteiger partial charge in [-0.2, -0.15) is 0 Å². The molecule has 0 atom stereocenters. The standard InChI is InChI=1S/C11H12ClNO/c12-11-4-3-10(7-9(11)8-14)13-5-1-2-6-13/h3-4,7-8H,1-2,5-6H2. The van der Waals surface area contributed by atoms with Crippen molar-refractivity contribution in [2.24, 2.45) is 0 Å². The van der Waals surface area contributed by atoms with Crippen LogP contribution in [0.15, 0.2) is 18.2 Å². The van der Waals surface area contributed by atoms with Crippen molar-refractivity contribution in [1.82, 2.24) is 0 Å². The zero-order valence-electron chi connectivity index (χ0n) is 7.87. The molecule has 2 nitrogen and oxygen atoms in total. The number of hydrogen-bond donors (Lipinski definition) is 0. The Balaban J connectivity index is 2.30. The molecule has 0 aliphatic carbocycles. The molecule has 0 N–H and O–H groups in total. The molecule has 0 spiro atoms. The number of nitrogens with zero attached hydrogens (tertiary/aromatic N) is 1. The van der Waals surface area contributed by atoms with Gasteiger partial charge in [0.25, 0.3) is 0 Å². The molecule has 1 fully saturated rings. The van der Waals surface area contributed by atoms with Crippen molar-refractivity contribution < 1.29 is 4.79 Å². The minimum atomic E-state index is 0.531. The van der Waals surface area contributed by atoms with Crippen LogP contribution in [0.2, 0.25) is 5.02 Å². The first-order valence-corrected chi connectivity index (χ1v) is 5.19. The van der Waals surface area contributed by atoms with Gasteiger partial charge < -0.3 is 4.90 Å². The maximum atomic E-state index is 10.7. The highest BCUT2D eigenvalue weighted by Crippen LogP contribution is 2.24. The third kappa shape index (κ3) is 1.75. The Hall–Kier alpha value is -1.02. The fourth-order valence-electron chi connectivity index (χ4n) is 1.79. The van der Waals surface area contributed by atoms with Crippen LogP contribution in [0, 0.1) is 0 Å². The van der Waals surface area contributed by atoms with Crippen molar-refractivity contribution in [3.05, 3.63) is 28.8 Å². The maximum absolute atomic E-state index is 10.7. The predicted molar refractivity (Wildman–Crippen MR) is 58.3 cm³/mol. The molecular formula is C11H12ClNO. The average Bonchev–Trinajstić information content (AvgIpc) is 2.71. The number of hydrogen-bond acceptors (Lipinski definition) is 2. The Morgan fingerprint density at radius 3 is 2.64 bits per heavy atom. The summed E-state index contributed by atoms with van der Waals surface area (Å²) in [5.41, 5.74) is 1.69. The van der Waals surface area contributed by atoms with Gasteiger partial charge in [-0.05, 0) is 31.0 Å². The Morgan fingerprint density at radius 2 is 2.00 bits per heavy atom. The lowest BCUT2D eigenvalue weighted by Crippen LogP contribution is -2.17. The van der Waals surface area contributed by atoms with Gasteiger partial charge in [-0.25, -0.2) is 0 Å². The van der Waals surface area contributed by atoms with E-state index in [1.54, 1.807) is 6.07 Å². The van der Waals surface area contributed by atoms with Crippen LogP contribution in [0.4, 0.5) is 5.69 Å². The minimum absolute atomic E-state index is 0.531. The number of halogens is 1. The summed E-state index contributed by atoms with van der Waals surface area (Å²) in [6, 6.07) is 5.63. The smallest absolute Gasteiger partial charge is 0.151 e. The van der Waals surface area contributed by atoms with Crippen LogP contribution in [0.1, 0.15) is 23.2 Å². The molecule has 1 aliphatic rings. The zero-order valence-corrected chi connectivity index (χ0v) is 8.63. The largest absolute Gasteiger partial charge is 0.372 e. The van der Waals surface area contributed by atoms with Crippen molar-refractivity contribution >= 4 is 23.6 Å². The first kappa shape index (κ1) is 9.53. The monoisotopic (exact) mass is 209 g/mol. The number of anilines is 1. The summed E-state index contributed by atoms with van der Waals surface area (Å²) in [4.78, 5) is 13.0. The molecule has 0 saturated carbocycles. The van der Waals surface area contributed by atoms with Gasteiger partial charge in [-0.1, -0.05) is 11.6 Å². The Morgan fingerprint density at radius 1 is 1.29 bits per heavy atom. The lowest BCUT2D eigenvalue weighted by Gasteiger charge is -2.17. The summed E-state index contributed by atoms with van der Waals surface area (Å²) in [6.07, 6.45) is 3.28. The molecule has 3 heteroatoms. The molecule has 74 valence electrons. The molecule has 0 aromatic heterocycles. The van der Waals surface area contributed by atoms with Crippen LogP contribution in [0.25, 0.3) is 0 Å². The molecule has 0 bridgehead atoms. The normalized spacial score (nSPS) is 15.9. The molecule has 1 aromatic carbocycles. The van der Waals surface area contributed by atoms with E-state index in [1.807, 2.05) is 12.1 Å². The molecule has 0 amide bonds. The second-order valence-electron chi connectivity index (χ2n) is 3.52. The van der Waals surface area contributed by atoms with Gasteiger partial charge >= 0.3 is 0 Å². The van der Waals surface area contributed by atoms with E-state index in [2.05, 4.69) is 4.90 Å². The van der Waals surface area contributed by atoms with E-state index < -0.39 is 0 Å². The number of carbonyl (C=O) groups excluding carboxylic acids is 1. The van der Waals surface area contributed by atoms with Gasteiger partial charge in [-0.15, -0.1) is 0 Å². The van der Waals surface area contributed by atoms with Crippen LogP contribution in [-0.2, 0) is 0 Å². The van der Waals surface area contributed by atoms with Gasteiger partial charge in [0.2, 0.25) is 0 Å². The predicted octanol–water partition coefficient (Wildman–Crippen LogP) is 2.75. The van der Waals surface area contributed by atoms with Crippen molar-refractivity contribution in [3.63, 3.8) is 0 Å². The van der Waals surface area contributed by atoms with E-state index in [1.165, 1.54) is 12.8 Å². The fourth-order valence-corrected chi connectivity index (χ4v) is 1.96. The summed E-state index contributed by atoms with van der Waals surface area (Å²) < 4.78 is 0. The molecule has 1 heterocycles. The third-order valence-electron chi connectivity index (χ3n) is 2.58. The zero-order chi connectivity index (χ0) is 9.97. The highest BCUT2D eigenvalue weighted by atomic mass is 35.5. The van der Waals surface area contributed by atoms with Crippen molar-refractivity contribution in [2.45, 2.75) is 12.8 Å². The van der Waals surface area contributed by atoms with Crippen molar-refractivity contribution in [3.8, 4) is 0 Å². The Labute approximate surface area is 88.5 Å². The van der Waals surface area contributed by atoms with E-state index in [0.29, 0.717) is 10.6 Å². The third-order valence-corrected chi connectivity index (χ3v) is 2.92. The topological polar surface area (TPSA) is 20.3 Å². The quantitative estimate of drug-likeness (QED) is 0.699. The SMILES string of the molecule is O=Cc1cc(N2CCCC2)ccc1Cl. The summed E-state index contributed by atoms with van der Waals surface area (Å²) in [5.74, 6) is 0. The average molecular weight is 210 g/mol. The first-order valence-electron chi connectivity index (χ1n) is 4.81. The minimum Gasteiger partial charge on any atom is -0.372 e. The summed E-state index contributed by atoms with van der Waals surface area (Å²) in [7, 11) is 0. The Kier molecular flexibility index (Phi) is 2.73. The highest BCUT2D eigenvalue weighted by molar-refractivity contribution is 6.33. The molecule has 1 aliphatic heterocycles. The van der Waals surface area contributed by atoms with Gasteiger partial charge in [0.05, 0.1) is 5.02 Å². The lowest BCUT2D eigenvalue weighted by molar-refractivity contribution is 0.112. The van der Waals surface area contributed by atoms with Crippen LogP contribution in [0.3, 0.4) is 0 Å². The van der Waals surface area contributed by atoms with E-state index in [0.717, 1.165) is 25.1 Å². The lowest BCUT2D eigenvalue weighted by atomic mass is 10.2. The molecular weight excluding hydrogens is 198 g/mol. The number of carbonyl (C=O) groups is 1. The molecule has 1 aromatic rings. The van der Waals surface area contributed by atoms with Gasteiger partial charge in [0.15, 0.2) is 6.29 Å². The molecule has 0 unspecified atom stereocenters. The number of aldehydes is 1.